The van der Waals surface area contributed by atoms with Crippen molar-refractivity contribution < 1.29 is 9.59 Å². The van der Waals surface area contributed by atoms with Gasteiger partial charge in [-0.05, 0) is 55.5 Å². The number of aryl methyl sites for hydroxylation is 1. The molecule has 0 aliphatic carbocycles. The Morgan fingerprint density at radius 2 is 1.93 bits per heavy atom. The van der Waals surface area contributed by atoms with Gasteiger partial charge in [0.25, 0.3) is 0 Å². The van der Waals surface area contributed by atoms with Crippen LogP contribution in [0.4, 0.5) is 0 Å². The summed E-state index contributed by atoms with van der Waals surface area (Å²) in [5.41, 5.74) is 3.37. The largest absolute Gasteiger partial charge is 0.345 e. The lowest BCUT2D eigenvalue weighted by atomic mass is 9.81. The first kappa shape index (κ1) is 20.1. The van der Waals surface area contributed by atoms with Crippen LogP contribution in [0.1, 0.15) is 42.5 Å². The number of rotatable bonds is 6. The molecule has 0 saturated carbocycles. The highest BCUT2D eigenvalue weighted by Crippen LogP contribution is 2.38. The minimum atomic E-state index is -0.207. The van der Waals surface area contributed by atoms with E-state index in [4.69, 9.17) is 0 Å². The van der Waals surface area contributed by atoms with Gasteiger partial charge in [0, 0.05) is 39.0 Å². The van der Waals surface area contributed by atoms with Crippen LogP contribution in [0.2, 0.25) is 0 Å². The van der Waals surface area contributed by atoms with Gasteiger partial charge in [0.1, 0.15) is 0 Å². The monoisotopic (exact) mass is 379 g/mol. The van der Waals surface area contributed by atoms with Gasteiger partial charge in [-0.2, -0.15) is 0 Å². The number of benzene rings is 1. The number of hydrogen-bond donors (Lipinski definition) is 0. The summed E-state index contributed by atoms with van der Waals surface area (Å²) in [7, 11) is 1.87. The van der Waals surface area contributed by atoms with Gasteiger partial charge in [-0.1, -0.05) is 24.3 Å². The van der Waals surface area contributed by atoms with Crippen LogP contribution in [0.15, 0.2) is 48.8 Å². The lowest BCUT2D eigenvalue weighted by Gasteiger charge is -2.42. The van der Waals surface area contributed by atoms with E-state index in [1.165, 1.54) is 5.56 Å². The smallest absolute Gasteiger partial charge is 0.227 e. The van der Waals surface area contributed by atoms with Crippen LogP contribution in [0.25, 0.3) is 0 Å². The van der Waals surface area contributed by atoms with Gasteiger partial charge >= 0.3 is 0 Å². The number of carbonyl (C=O) groups excluding carboxylic acids is 2. The topological polar surface area (TPSA) is 53.5 Å². The molecule has 2 atom stereocenters. The predicted octanol–water partition coefficient (Wildman–Crippen LogP) is 3.39. The second kappa shape index (κ2) is 9.00. The lowest BCUT2D eigenvalue weighted by Crippen LogP contribution is -2.48. The molecule has 28 heavy (non-hydrogen) atoms. The van der Waals surface area contributed by atoms with Crippen LogP contribution in [0.3, 0.4) is 0 Å². The highest BCUT2D eigenvalue weighted by atomic mass is 16.2. The third kappa shape index (κ3) is 4.24. The predicted molar refractivity (Wildman–Crippen MR) is 110 cm³/mol. The molecular weight excluding hydrogens is 350 g/mol. The first-order valence-electron chi connectivity index (χ1n) is 10.0. The van der Waals surface area contributed by atoms with Crippen LogP contribution in [-0.4, -0.2) is 46.7 Å². The van der Waals surface area contributed by atoms with Crippen molar-refractivity contribution in [3.63, 3.8) is 0 Å². The molecule has 1 saturated heterocycles. The normalized spacial score (nSPS) is 19.5. The number of piperidine rings is 1. The van der Waals surface area contributed by atoms with Gasteiger partial charge in [0.15, 0.2) is 0 Å². The third-order valence-electron chi connectivity index (χ3n) is 5.73. The van der Waals surface area contributed by atoms with Gasteiger partial charge in [0.05, 0.1) is 12.0 Å². The Hall–Kier alpha value is -2.69. The van der Waals surface area contributed by atoms with E-state index in [-0.39, 0.29) is 23.8 Å². The molecule has 1 aromatic heterocycles. The molecule has 3 rings (SSSR count). The quantitative estimate of drug-likeness (QED) is 0.773. The molecular formula is C23H29N3O2. The molecule has 148 valence electrons. The Balaban J connectivity index is 1.81. The van der Waals surface area contributed by atoms with Crippen molar-refractivity contribution in [1.29, 1.82) is 0 Å². The van der Waals surface area contributed by atoms with Crippen molar-refractivity contribution in [3.05, 3.63) is 65.5 Å². The first-order valence-corrected chi connectivity index (χ1v) is 10.0. The maximum absolute atomic E-state index is 13.4. The number of hydrogen-bond acceptors (Lipinski definition) is 3. The molecule has 0 spiro atoms. The molecule has 1 aromatic carbocycles. The van der Waals surface area contributed by atoms with Crippen LogP contribution in [-0.2, 0) is 16.0 Å². The molecule has 2 heterocycles. The maximum Gasteiger partial charge on any atom is 0.227 e. The van der Waals surface area contributed by atoms with E-state index in [1.807, 2.05) is 48.0 Å². The van der Waals surface area contributed by atoms with E-state index in [9.17, 15) is 9.59 Å². The third-order valence-corrected chi connectivity index (χ3v) is 5.73. The molecule has 2 amide bonds. The number of likely N-dealkylation sites (N-methyl/N-ethyl adjacent to an activating group) is 1. The number of amides is 2. The summed E-state index contributed by atoms with van der Waals surface area (Å²) in [4.78, 5) is 33.7. The lowest BCUT2D eigenvalue weighted by molar-refractivity contribution is -0.147. The van der Waals surface area contributed by atoms with Crippen molar-refractivity contribution in [1.82, 2.24) is 14.8 Å². The zero-order valence-corrected chi connectivity index (χ0v) is 17.0. The van der Waals surface area contributed by atoms with Gasteiger partial charge < -0.3 is 9.80 Å². The highest BCUT2D eigenvalue weighted by molar-refractivity contribution is 5.85. The summed E-state index contributed by atoms with van der Waals surface area (Å²) in [5, 5.41) is 0. The Labute approximate surface area is 167 Å². The van der Waals surface area contributed by atoms with Crippen molar-refractivity contribution in [2.75, 3.05) is 20.1 Å². The number of aromatic nitrogens is 1. The molecule has 0 radical (unpaired) electrons. The summed E-state index contributed by atoms with van der Waals surface area (Å²) in [6.07, 6.45) is 5.38. The zero-order valence-electron chi connectivity index (χ0n) is 17.0. The zero-order chi connectivity index (χ0) is 20.1. The van der Waals surface area contributed by atoms with Gasteiger partial charge in [-0.15, -0.1) is 0 Å². The minimum absolute atomic E-state index is 0.119. The van der Waals surface area contributed by atoms with Crippen LogP contribution >= 0.6 is 0 Å². The van der Waals surface area contributed by atoms with E-state index < -0.39 is 0 Å². The van der Waals surface area contributed by atoms with Gasteiger partial charge in [-0.3, -0.25) is 14.6 Å². The van der Waals surface area contributed by atoms with Crippen LogP contribution in [0, 0.1) is 12.8 Å². The fraction of sp³-hybridized carbons (Fsp3) is 0.435. The molecule has 0 unspecified atom stereocenters. The van der Waals surface area contributed by atoms with Crippen molar-refractivity contribution >= 4 is 11.8 Å². The fourth-order valence-corrected chi connectivity index (χ4v) is 4.13. The molecule has 2 aromatic rings. The van der Waals surface area contributed by atoms with Crippen molar-refractivity contribution in [2.24, 2.45) is 5.92 Å². The summed E-state index contributed by atoms with van der Waals surface area (Å²) in [6.45, 7) is 5.31. The minimum Gasteiger partial charge on any atom is -0.345 e. The van der Waals surface area contributed by atoms with E-state index in [2.05, 4.69) is 24.0 Å². The first-order chi connectivity index (χ1) is 13.5. The summed E-state index contributed by atoms with van der Waals surface area (Å²) < 4.78 is 0. The Kier molecular flexibility index (Phi) is 6.45. The van der Waals surface area contributed by atoms with Crippen LogP contribution in [0.5, 0.6) is 0 Å². The van der Waals surface area contributed by atoms with Crippen LogP contribution < -0.4 is 0 Å². The number of likely N-dealkylation sites (tertiary alicyclic amines) is 1. The molecule has 0 N–H and O–H groups in total. The molecule has 1 fully saturated rings. The van der Waals surface area contributed by atoms with E-state index in [0.717, 1.165) is 17.5 Å². The number of nitrogens with zero attached hydrogens (tertiary/aromatic N) is 3. The number of carbonyl (C=O) groups is 2. The van der Waals surface area contributed by atoms with E-state index >= 15 is 0 Å². The Morgan fingerprint density at radius 1 is 1.21 bits per heavy atom. The average molecular weight is 380 g/mol. The van der Waals surface area contributed by atoms with Gasteiger partial charge in [0.2, 0.25) is 11.8 Å². The number of pyridine rings is 1. The van der Waals surface area contributed by atoms with E-state index in [1.54, 1.807) is 12.4 Å². The van der Waals surface area contributed by atoms with Crippen molar-refractivity contribution in [3.8, 4) is 0 Å². The van der Waals surface area contributed by atoms with Crippen molar-refractivity contribution in [2.45, 2.75) is 39.2 Å². The summed E-state index contributed by atoms with van der Waals surface area (Å²) in [6, 6.07) is 11.9. The average Bonchev–Trinajstić information content (AvgIpc) is 2.72. The molecule has 5 nitrogen and oxygen atoms in total. The molecule has 1 aliphatic rings. The molecule has 1 aliphatic heterocycles. The van der Waals surface area contributed by atoms with E-state index in [0.29, 0.717) is 25.9 Å². The summed E-state index contributed by atoms with van der Waals surface area (Å²) in [5.74, 6) is 0.0497. The SMILES string of the molecule is CCN1C(=O)CC[C@@H](C(=O)N(C)CCc2ccncc2)[C@@H]1c1ccccc1C. The fourth-order valence-electron chi connectivity index (χ4n) is 4.13. The second-order valence-corrected chi connectivity index (χ2v) is 7.49. The second-order valence-electron chi connectivity index (χ2n) is 7.49. The molecule has 5 heteroatoms. The maximum atomic E-state index is 13.4. The molecule has 0 bridgehead atoms. The van der Waals surface area contributed by atoms with Gasteiger partial charge in [-0.25, -0.2) is 0 Å². The standard InChI is InChI=1S/C23H29N3O2/c1-4-26-21(27)10-9-20(22(26)19-8-6-5-7-17(19)2)23(28)25(3)16-13-18-11-14-24-15-12-18/h5-8,11-12,14-15,20,22H,4,9-10,13,16H2,1-3H3/t20-,22+/m1/s1. The Morgan fingerprint density at radius 3 is 2.61 bits per heavy atom. The highest BCUT2D eigenvalue weighted by Gasteiger charge is 2.41. The Bertz CT molecular complexity index is 822. The summed E-state index contributed by atoms with van der Waals surface area (Å²) >= 11 is 0.